The molecule has 1 saturated heterocycles. The van der Waals surface area contributed by atoms with Crippen LogP contribution in [0.25, 0.3) is 11.3 Å². The van der Waals surface area contributed by atoms with Crippen molar-refractivity contribution in [2.24, 2.45) is 10.8 Å². The van der Waals surface area contributed by atoms with Crippen molar-refractivity contribution in [3.05, 3.63) is 95.1 Å². The van der Waals surface area contributed by atoms with Crippen LogP contribution in [0.1, 0.15) is 63.9 Å². The van der Waals surface area contributed by atoms with Crippen LogP contribution in [-0.4, -0.2) is 88.8 Å². The van der Waals surface area contributed by atoms with Gasteiger partial charge in [0.25, 0.3) is 11.8 Å². The normalized spacial score (nSPS) is 21.8. The molecule has 3 aromatic carbocycles. The Morgan fingerprint density at radius 2 is 1.57 bits per heavy atom. The van der Waals surface area contributed by atoms with Crippen molar-refractivity contribution in [2.75, 3.05) is 38.7 Å². The summed E-state index contributed by atoms with van der Waals surface area (Å²) in [6.45, 7) is 2.14. The van der Waals surface area contributed by atoms with Crippen molar-refractivity contribution < 1.29 is 48.0 Å². The van der Waals surface area contributed by atoms with Crippen molar-refractivity contribution in [3.63, 3.8) is 0 Å². The number of rotatable bonds is 17. The molecular formula is C42H42N6O10. The number of piperidine rings is 1. The number of nitrogens with two attached hydrogens (primary N) is 1. The lowest BCUT2D eigenvalue weighted by molar-refractivity contribution is -0.217. The predicted molar refractivity (Wildman–Crippen MR) is 205 cm³/mol. The molecule has 1 aromatic heterocycles. The Hall–Kier alpha value is -6.39. The van der Waals surface area contributed by atoms with E-state index in [9.17, 15) is 29.1 Å². The topological polar surface area (TPSA) is 222 Å². The molecular weight excluding hydrogens is 748 g/mol. The van der Waals surface area contributed by atoms with Crippen LogP contribution in [0, 0.1) is 10.8 Å². The largest absolute Gasteiger partial charge is 0.507 e. The summed E-state index contributed by atoms with van der Waals surface area (Å²) in [6, 6.07) is 19.9. The third kappa shape index (κ3) is 7.55. The third-order valence-corrected chi connectivity index (χ3v) is 11.1. The highest BCUT2D eigenvalue weighted by molar-refractivity contribution is 6.24. The smallest absolute Gasteiger partial charge is 0.266 e. The Kier molecular flexibility index (Phi) is 10.5. The molecule has 9 rings (SSSR count). The number of nitrogen functional groups attached to an aromatic ring is 1. The zero-order valence-electron chi connectivity index (χ0n) is 31.5. The number of phenols is 1. The number of anilines is 1. The fourth-order valence-electron chi connectivity index (χ4n) is 8.37. The highest BCUT2D eigenvalue weighted by Crippen LogP contribution is 2.73. The number of imide groups is 2. The first-order chi connectivity index (χ1) is 28.0. The molecule has 2 aliphatic heterocycles. The lowest BCUT2D eigenvalue weighted by Gasteiger charge is -2.68. The number of para-hydroxylation sites is 1. The van der Waals surface area contributed by atoms with E-state index in [-0.39, 0.29) is 71.2 Å². The summed E-state index contributed by atoms with van der Waals surface area (Å²) in [7, 11) is 0. The number of amides is 5. The summed E-state index contributed by atoms with van der Waals surface area (Å²) >= 11 is 0. The molecule has 300 valence electrons. The van der Waals surface area contributed by atoms with E-state index in [0.29, 0.717) is 50.0 Å². The number of carbonyl (C=O) groups is 5. The summed E-state index contributed by atoms with van der Waals surface area (Å²) < 4.78 is 23.6. The number of benzene rings is 3. The van der Waals surface area contributed by atoms with Gasteiger partial charge in [0.05, 0.1) is 49.6 Å². The summed E-state index contributed by atoms with van der Waals surface area (Å²) in [4.78, 5) is 64.2. The van der Waals surface area contributed by atoms with E-state index in [2.05, 4.69) is 20.8 Å². The number of nitrogens with zero attached hydrogens (tertiary/aromatic N) is 3. The summed E-state index contributed by atoms with van der Waals surface area (Å²) in [5, 5.41) is 23.5. The van der Waals surface area contributed by atoms with Gasteiger partial charge in [-0.25, -0.2) is 0 Å². The number of carbonyl (C=O) groups excluding carboxylic acids is 5. The number of hydrogen-bond acceptors (Lipinski definition) is 13. The second kappa shape index (κ2) is 15.9. The first kappa shape index (κ1) is 38.5. The number of nitrogens with one attached hydrogen (secondary N) is 2. The molecule has 0 spiro atoms. The minimum atomic E-state index is -1.06. The Balaban J connectivity index is 0.719. The van der Waals surface area contributed by atoms with E-state index in [1.165, 1.54) is 6.07 Å². The van der Waals surface area contributed by atoms with Crippen LogP contribution in [0.5, 0.6) is 17.2 Å². The number of aromatic hydroxyl groups is 1. The second-order valence-corrected chi connectivity index (χ2v) is 15.3. The Morgan fingerprint density at radius 3 is 2.33 bits per heavy atom. The number of ether oxygens (including phenoxy) is 4. The maximum absolute atomic E-state index is 13.3. The fourth-order valence-corrected chi connectivity index (χ4v) is 8.37. The molecule has 2 bridgehead atoms. The van der Waals surface area contributed by atoms with E-state index in [4.69, 9.17) is 24.7 Å². The number of hydrogen-bond donors (Lipinski definition) is 4. The highest BCUT2D eigenvalue weighted by atomic mass is 16.5. The fraction of sp³-hybridized carbons (Fsp3) is 0.357. The van der Waals surface area contributed by atoms with Gasteiger partial charge >= 0.3 is 0 Å². The van der Waals surface area contributed by atoms with Crippen LogP contribution in [0.15, 0.2) is 72.8 Å². The molecule has 58 heavy (non-hydrogen) atoms. The quantitative estimate of drug-likeness (QED) is 0.0892. The number of fused-ring (bicyclic) bond motifs is 1. The first-order valence-corrected chi connectivity index (χ1v) is 19.1. The lowest BCUT2D eigenvalue weighted by Crippen LogP contribution is -2.69. The van der Waals surface area contributed by atoms with E-state index in [1.807, 2.05) is 24.3 Å². The van der Waals surface area contributed by atoms with E-state index >= 15 is 0 Å². The Bertz CT molecular complexity index is 2280. The molecule has 1 atom stereocenters. The third-order valence-electron chi connectivity index (χ3n) is 11.1. The molecule has 3 saturated carbocycles. The SMILES string of the molecule is Nc1nnc(-c2ccccc2O)cc1OCC12CC(C(=O)NCCOCc3cccc(COCCOc4cccc5c4C(=O)N(C4CCC(=O)NC4=O)C5=O)c3)(C1)C2. The minimum Gasteiger partial charge on any atom is -0.507 e. The summed E-state index contributed by atoms with van der Waals surface area (Å²) in [6.07, 6.45) is 2.31. The van der Waals surface area contributed by atoms with E-state index in [1.54, 1.807) is 42.5 Å². The predicted octanol–water partition coefficient (Wildman–Crippen LogP) is 3.31. The molecule has 0 radical (unpaired) electrons. The van der Waals surface area contributed by atoms with Crippen molar-refractivity contribution in [1.82, 2.24) is 25.7 Å². The molecule has 5 aliphatic rings. The average molecular weight is 791 g/mol. The molecule has 4 aromatic rings. The number of phenolic OH excluding ortho intramolecular Hbond substituents is 1. The molecule has 3 aliphatic carbocycles. The van der Waals surface area contributed by atoms with Crippen LogP contribution in [0.3, 0.4) is 0 Å². The minimum absolute atomic E-state index is 0.0268. The van der Waals surface area contributed by atoms with Crippen LogP contribution in [-0.2, 0) is 37.1 Å². The average Bonchev–Trinajstić information content (AvgIpc) is 3.43. The molecule has 3 heterocycles. The van der Waals surface area contributed by atoms with Gasteiger partial charge in [0.1, 0.15) is 29.8 Å². The van der Waals surface area contributed by atoms with Crippen LogP contribution in [0.4, 0.5) is 5.82 Å². The monoisotopic (exact) mass is 790 g/mol. The van der Waals surface area contributed by atoms with Crippen molar-refractivity contribution in [2.45, 2.75) is 51.4 Å². The molecule has 16 heteroatoms. The van der Waals surface area contributed by atoms with Crippen molar-refractivity contribution >= 4 is 35.4 Å². The Morgan fingerprint density at radius 1 is 0.845 bits per heavy atom. The van der Waals surface area contributed by atoms with Crippen LogP contribution in [0.2, 0.25) is 0 Å². The first-order valence-electron chi connectivity index (χ1n) is 19.1. The maximum Gasteiger partial charge on any atom is 0.266 e. The van der Waals surface area contributed by atoms with E-state index < -0.39 is 29.7 Å². The maximum atomic E-state index is 13.3. The van der Waals surface area contributed by atoms with Crippen molar-refractivity contribution in [1.29, 1.82) is 0 Å². The van der Waals surface area contributed by atoms with Gasteiger partial charge in [0.15, 0.2) is 11.6 Å². The summed E-state index contributed by atoms with van der Waals surface area (Å²) in [5.74, 6) is -1.45. The van der Waals surface area contributed by atoms with Crippen LogP contribution >= 0.6 is 0 Å². The van der Waals surface area contributed by atoms with Gasteiger partial charge < -0.3 is 35.1 Å². The molecule has 5 amide bonds. The lowest BCUT2D eigenvalue weighted by atomic mass is 9.35. The van der Waals surface area contributed by atoms with Gasteiger partial charge in [-0.1, -0.05) is 42.5 Å². The molecule has 4 fully saturated rings. The molecule has 5 N–H and O–H groups in total. The van der Waals surface area contributed by atoms with Gasteiger partial charge in [-0.15, -0.1) is 10.2 Å². The standard InChI is InChI=1S/C42H42N6O10/c43-36-33(18-29(46-47-36)27-7-1-2-9-31(27)49)58-24-41-21-42(22-41,23-41)40(54)44-13-14-55-19-25-5-3-6-26(17-25)20-56-15-16-57-32-10-4-8-28-35(32)39(53)48(38(28)52)30-11-12-34(50)45-37(30)51/h1-10,17-18,30,49H,11-16,19-24H2,(H2,43,47)(H,44,54)(H,45,50,51). The molecule has 16 nitrogen and oxygen atoms in total. The van der Waals surface area contributed by atoms with Gasteiger partial charge in [0, 0.05) is 30.0 Å². The van der Waals surface area contributed by atoms with Gasteiger partial charge in [-0.2, -0.15) is 0 Å². The number of aromatic nitrogens is 2. The Labute approximate surface area is 333 Å². The second-order valence-electron chi connectivity index (χ2n) is 15.3. The summed E-state index contributed by atoms with van der Waals surface area (Å²) in [5.41, 5.74) is 8.67. The van der Waals surface area contributed by atoms with E-state index in [0.717, 1.165) is 35.3 Å². The van der Waals surface area contributed by atoms with Crippen molar-refractivity contribution in [3.8, 4) is 28.5 Å². The zero-order valence-corrected chi connectivity index (χ0v) is 31.5. The van der Waals surface area contributed by atoms with Gasteiger partial charge in [0.2, 0.25) is 17.7 Å². The zero-order chi connectivity index (χ0) is 40.4. The van der Waals surface area contributed by atoms with Crippen LogP contribution < -0.4 is 25.8 Å². The van der Waals surface area contributed by atoms with Gasteiger partial charge in [-0.3, -0.25) is 34.2 Å². The molecule has 1 unspecified atom stereocenters. The van der Waals surface area contributed by atoms with Gasteiger partial charge in [-0.05, 0) is 61.1 Å². The highest BCUT2D eigenvalue weighted by Gasteiger charge is 2.71.